The summed E-state index contributed by atoms with van der Waals surface area (Å²) in [6.45, 7) is 0. The van der Waals surface area contributed by atoms with Gasteiger partial charge in [0.05, 0.1) is 16.6 Å². The largest absolute Gasteiger partial charge is 0.478 e. The Morgan fingerprint density at radius 2 is 1.89 bits per heavy atom. The maximum atomic E-state index is 13.0. The van der Waals surface area contributed by atoms with E-state index in [1.807, 2.05) is 0 Å². The highest BCUT2D eigenvalue weighted by Crippen LogP contribution is 2.35. The summed E-state index contributed by atoms with van der Waals surface area (Å²) >= 11 is 0. The molecule has 0 amide bonds. The van der Waals surface area contributed by atoms with E-state index in [0.29, 0.717) is 6.07 Å². The molecule has 1 aromatic carbocycles. The van der Waals surface area contributed by atoms with Crippen molar-refractivity contribution in [2.24, 2.45) is 7.05 Å². The molecule has 100 valence electrons. The number of hydrogen-bond donors (Lipinski definition) is 1. The molecule has 0 aliphatic carbocycles. The fraction of sp³-hybridized carbons (Fsp3) is 0.167. The quantitative estimate of drug-likeness (QED) is 0.865. The van der Waals surface area contributed by atoms with Crippen molar-refractivity contribution >= 4 is 16.9 Å². The van der Waals surface area contributed by atoms with Gasteiger partial charge in [0.1, 0.15) is 0 Å². The van der Waals surface area contributed by atoms with Gasteiger partial charge in [0, 0.05) is 13.1 Å². The first-order chi connectivity index (χ1) is 8.71. The van der Waals surface area contributed by atoms with Crippen LogP contribution in [-0.4, -0.2) is 15.6 Å². The average Bonchev–Trinajstić information content (AvgIpc) is 2.31. The third-order valence-electron chi connectivity index (χ3n) is 2.76. The standard InChI is InChI=1S/C12H8F3NO3/c1-16-9(17)3-2-6-4-7(11(18)19)5-8(10(6)16)12(13,14)15/h2-5H,1H3,(H,18,19). The minimum absolute atomic E-state index is 0.0503. The van der Waals surface area contributed by atoms with Crippen LogP contribution in [0.5, 0.6) is 0 Å². The van der Waals surface area contributed by atoms with E-state index in [1.165, 1.54) is 13.1 Å². The van der Waals surface area contributed by atoms with Crippen molar-refractivity contribution in [3.8, 4) is 0 Å². The Bertz CT molecular complexity index is 731. The molecule has 0 fully saturated rings. The van der Waals surface area contributed by atoms with Gasteiger partial charge < -0.3 is 9.67 Å². The molecule has 0 unspecified atom stereocenters. The molecule has 0 atom stereocenters. The lowest BCUT2D eigenvalue weighted by molar-refractivity contribution is -0.136. The number of benzene rings is 1. The predicted molar refractivity (Wildman–Crippen MR) is 61.2 cm³/mol. The van der Waals surface area contributed by atoms with Gasteiger partial charge in [-0.3, -0.25) is 4.79 Å². The molecule has 0 spiro atoms. The molecule has 1 heterocycles. The molecule has 0 radical (unpaired) electrons. The number of alkyl halides is 3. The Morgan fingerprint density at radius 1 is 1.26 bits per heavy atom. The summed E-state index contributed by atoms with van der Waals surface area (Å²) < 4.78 is 39.7. The van der Waals surface area contributed by atoms with Gasteiger partial charge in [0.25, 0.3) is 5.56 Å². The van der Waals surface area contributed by atoms with Crippen LogP contribution in [0.3, 0.4) is 0 Å². The number of aromatic nitrogens is 1. The van der Waals surface area contributed by atoms with E-state index in [4.69, 9.17) is 5.11 Å². The number of nitrogens with zero attached hydrogens (tertiary/aromatic N) is 1. The lowest BCUT2D eigenvalue weighted by Crippen LogP contribution is -2.19. The molecule has 1 N–H and O–H groups in total. The molecule has 2 aromatic rings. The first-order valence-electron chi connectivity index (χ1n) is 5.16. The number of rotatable bonds is 1. The number of carboxylic acid groups (broad SMARTS) is 1. The number of fused-ring (bicyclic) bond motifs is 1. The molecule has 7 heteroatoms. The van der Waals surface area contributed by atoms with Crippen molar-refractivity contribution in [1.82, 2.24) is 4.57 Å². The van der Waals surface area contributed by atoms with Crippen molar-refractivity contribution in [1.29, 1.82) is 0 Å². The summed E-state index contributed by atoms with van der Waals surface area (Å²) in [5.74, 6) is -1.46. The van der Waals surface area contributed by atoms with E-state index in [1.54, 1.807) is 0 Å². The predicted octanol–water partition coefficient (Wildman–Crippen LogP) is 2.26. The highest BCUT2D eigenvalue weighted by Gasteiger charge is 2.34. The second-order valence-electron chi connectivity index (χ2n) is 4.00. The van der Waals surface area contributed by atoms with Crippen LogP contribution in [0.4, 0.5) is 13.2 Å². The first kappa shape index (κ1) is 13.1. The number of pyridine rings is 1. The van der Waals surface area contributed by atoms with E-state index >= 15 is 0 Å². The summed E-state index contributed by atoms with van der Waals surface area (Å²) in [5, 5.41) is 8.87. The van der Waals surface area contributed by atoms with Crippen LogP contribution in [0, 0.1) is 0 Å². The van der Waals surface area contributed by atoms with Crippen LogP contribution in [0.25, 0.3) is 10.9 Å². The van der Waals surface area contributed by atoms with E-state index in [0.717, 1.165) is 16.7 Å². The monoisotopic (exact) mass is 271 g/mol. The zero-order chi connectivity index (χ0) is 14.4. The average molecular weight is 271 g/mol. The van der Waals surface area contributed by atoms with Crippen LogP contribution in [0.1, 0.15) is 15.9 Å². The van der Waals surface area contributed by atoms with Crippen molar-refractivity contribution in [3.05, 3.63) is 45.7 Å². The highest BCUT2D eigenvalue weighted by atomic mass is 19.4. The van der Waals surface area contributed by atoms with E-state index in [-0.39, 0.29) is 10.9 Å². The minimum Gasteiger partial charge on any atom is -0.478 e. The zero-order valence-corrected chi connectivity index (χ0v) is 9.65. The van der Waals surface area contributed by atoms with Gasteiger partial charge in [-0.15, -0.1) is 0 Å². The molecule has 0 aliphatic heterocycles. The molecular weight excluding hydrogens is 263 g/mol. The normalized spacial score (nSPS) is 11.8. The molecule has 4 nitrogen and oxygen atoms in total. The summed E-state index contributed by atoms with van der Waals surface area (Å²) in [7, 11) is 1.21. The van der Waals surface area contributed by atoms with E-state index < -0.39 is 28.8 Å². The van der Waals surface area contributed by atoms with E-state index in [9.17, 15) is 22.8 Å². The molecular formula is C12H8F3NO3. The second-order valence-corrected chi connectivity index (χ2v) is 4.00. The lowest BCUT2D eigenvalue weighted by atomic mass is 10.0. The maximum Gasteiger partial charge on any atom is 0.418 e. The third-order valence-corrected chi connectivity index (χ3v) is 2.76. The summed E-state index contributed by atoms with van der Waals surface area (Å²) in [6, 6.07) is 3.91. The molecule has 0 aliphatic rings. The van der Waals surface area contributed by atoms with Gasteiger partial charge in [-0.25, -0.2) is 4.79 Å². The minimum atomic E-state index is -4.74. The number of carboxylic acids is 1. The number of hydrogen-bond acceptors (Lipinski definition) is 2. The highest BCUT2D eigenvalue weighted by molar-refractivity contribution is 5.95. The molecule has 0 saturated carbocycles. The Labute approximate surface area is 104 Å². The van der Waals surface area contributed by atoms with Gasteiger partial charge >= 0.3 is 12.1 Å². The summed E-state index contributed by atoms with van der Waals surface area (Å²) in [4.78, 5) is 22.3. The van der Waals surface area contributed by atoms with E-state index in [2.05, 4.69) is 0 Å². The molecule has 0 bridgehead atoms. The fourth-order valence-electron chi connectivity index (χ4n) is 1.88. The van der Waals surface area contributed by atoms with Crippen LogP contribution < -0.4 is 5.56 Å². The van der Waals surface area contributed by atoms with Crippen molar-refractivity contribution in [3.63, 3.8) is 0 Å². The number of aryl methyl sites for hydroxylation is 1. The number of halogens is 3. The third kappa shape index (κ3) is 2.18. The molecule has 0 saturated heterocycles. The SMILES string of the molecule is Cn1c(=O)ccc2cc(C(=O)O)cc(C(F)(F)F)c21. The van der Waals surface area contributed by atoms with Gasteiger partial charge in [-0.1, -0.05) is 0 Å². The van der Waals surface area contributed by atoms with Crippen LogP contribution in [-0.2, 0) is 13.2 Å². The van der Waals surface area contributed by atoms with Gasteiger partial charge in [0.15, 0.2) is 0 Å². The Balaban J connectivity index is 3.00. The molecule has 1 aromatic heterocycles. The first-order valence-corrected chi connectivity index (χ1v) is 5.16. The number of aromatic carboxylic acids is 1. The number of carbonyl (C=O) groups is 1. The van der Waals surface area contributed by atoms with Crippen LogP contribution >= 0.6 is 0 Å². The maximum absolute atomic E-state index is 13.0. The van der Waals surface area contributed by atoms with Gasteiger partial charge in [-0.2, -0.15) is 13.2 Å². The van der Waals surface area contributed by atoms with Crippen LogP contribution in [0.2, 0.25) is 0 Å². The zero-order valence-electron chi connectivity index (χ0n) is 9.65. The van der Waals surface area contributed by atoms with Crippen molar-refractivity contribution in [2.75, 3.05) is 0 Å². The summed E-state index contributed by atoms with van der Waals surface area (Å²) in [6.07, 6.45) is -4.74. The smallest absolute Gasteiger partial charge is 0.418 e. The molecule has 2 rings (SSSR count). The van der Waals surface area contributed by atoms with Gasteiger partial charge in [-0.05, 0) is 23.6 Å². The Kier molecular flexibility index (Phi) is 2.84. The van der Waals surface area contributed by atoms with Crippen LogP contribution in [0.15, 0.2) is 29.1 Å². The lowest BCUT2D eigenvalue weighted by Gasteiger charge is -2.14. The Morgan fingerprint density at radius 3 is 2.42 bits per heavy atom. The van der Waals surface area contributed by atoms with Gasteiger partial charge in [0.2, 0.25) is 0 Å². The fourth-order valence-corrected chi connectivity index (χ4v) is 1.88. The van der Waals surface area contributed by atoms with Crippen molar-refractivity contribution in [2.45, 2.75) is 6.18 Å². The molecule has 19 heavy (non-hydrogen) atoms. The summed E-state index contributed by atoms with van der Waals surface area (Å²) in [5.41, 5.74) is -2.54. The second kappa shape index (κ2) is 4.11. The topological polar surface area (TPSA) is 59.3 Å². The van der Waals surface area contributed by atoms with Crippen molar-refractivity contribution < 1.29 is 23.1 Å². The Hall–Kier alpha value is -2.31.